The number of benzene rings is 2. The summed E-state index contributed by atoms with van der Waals surface area (Å²) in [4.78, 5) is 34.1. The molecule has 1 aromatic heterocycles. The van der Waals surface area contributed by atoms with Crippen LogP contribution >= 0.6 is 0 Å². The molecular weight excluding hydrogens is 368 g/mol. The molecule has 0 spiro atoms. The Balaban J connectivity index is 1.62. The fourth-order valence-electron chi connectivity index (χ4n) is 4.33. The van der Waals surface area contributed by atoms with E-state index in [-0.39, 0.29) is 18.5 Å². The molecule has 0 bridgehead atoms. The molecule has 7 heteroatoms. The van der Waals surface area contributed by atoms with E-state index >= 15 is 0 Å². The van der Waals surface area contributed by atoms with Crippen molar-refractivity contribution in [2.45, 2.75) is 38.6 Å². The molecule has 1 fully saturated rings. The van der Waals surface area contributed by atoms with Crippen LogP contribution in [0.4, 0.5) is 0 Å². The lowest BCUT2D eigenvalue weighted by Crippen LogP contribution is -2.40. The van der Waals surface area contributed by atoms with Gasteiger partial charge < -0.3 is 9.88 Å². The van der Waals surface area contributed by atoms with Gasteiger partial charge in [-0.1, -0.05) is 37.6 Å². The summed E-state index contributed by atoms with van der Waals surface area (Å²) in [6.45, 7) is 2.68. The summed E-state index contributed by atoms with van der Waals surface area (Å²) >= 11 is 0. The number of hydrogen-bond acceptors (Lipinski definition) is 4. The molecule has 1 unspecified atom stereocenters. The highest BCUT2D eigenvalue weighted by Gasteiger charge is 2.35. The zero-order valence-corrected chi connectivity index (χ0v) is 16.5. The minimum atomic E-state index is -0.414. The summed E-state index contributed by atoms with van der Waals surface area (Å²) < 4.78 is 0. The standard InChI is InChI=1S/C22H26N4O3/c1-2-6-17(13-25(29)14-27)22(28)26-10-5-9-20(26)21-23-18-11-15-7-3-4-8-16(15)12-19(18)24-21/h3-4,7-8,11-12,14,17,20,29H,2,5-6,9-10,13H2,1H3,(H,23,24)/t17?,20-/m0/s1. The van der Waals surface area contributed by atoms with Gasteiger partial charge in [0, 0.05) is 6.54 Å². The second-order valence-electron chi connectivity index (χ2n) is 7.74. The number of aromatic amines is 1. The van der Waals surface area contributed by atoms with E-state index in [4.69, 9.17) is 4.98 Å². The van der Waals surface area contributed by atoms with Gasteiger partial charge in [-0.25, -0.2) is 10.0 Å². The van der Waals surface area contributed by atoms with Gasteiger partial charge in [0.2, 0.25) is 12.3 Å². The van der Waals surface area contributed by atoms with Crippen molar-refractivity contribution < 1.29 is 14.8 Å². The smallest absolute Gasteiger partial charge is 0.233 e. The number of amides is 2. The van der Waals surface area contributed by atoms with Crippen LogP contribution in [0.2, 0.25) is 0 Å². The lowest BCUT2D eigenvalue weighted by molar-refractivity contribution is -0.157. The van der Waals surface area contributed by atoms with Crippen molar-refractivity contribution in [3.8, 4) is 0 Å². The van der Waals surface area contributed by atoms with Crippen LogP contribution in [-0.4, -0.2) is 50.5 Å². The molecule has 152 valence electrons. The van der Waals surface area contributed by atoms with E-state index in [0.717, 1.165) is 46.9 Å². The number of nitrogens with zero attached hydrogens (tertiary/aromatic N) is 3. The average molecular weight is 394 g/mol. The van der Waals surface area contributed by atoms with Crippen LogP contribution in [0.5, 0.6) is 0 Å². The number of hydrogen-bond donors (Lipinski definition) is 2. The molecule has 4 rings (SSSR count). The van der Waals surface area contributed by atoms with Gasteiger partial charge in [0.05, 0.1) is 29.5 Å². The Hall–Kier alpha value is -2.93. The van der Waals surface area contributed by atoms with Gasteiger partial charge in [-0.15, -0.1) is 0 Å². The quantitative estimate of drug-likeness (QED) is 0.364. The summed E-state index contributed by atoms with van der Waals surface area (Å²) in [6.07, 6.45) is 3.53. The molecule has 1 aliphatic heterocycles. The number of aromatic nitrogens is 2. The minimum absolute atomic E-state index is 0.0188. The maximum absolute atomic E-state index is 13.2. The van der Waals surface area contributed by atoms with Crippen LogP contribution < -0.4 is 0 Å². The van der Waals surface area contributed by atoms with Gasteiger partial charge in [0.25, 0.3) is 0 Å². The summed E-state index contributed by atoms with van der Waals surface area (Å²) in [7, 11) is 0. The maximum atomic E-state index is 13.2. The molecule has 2 N–H and O–H groups in total. The third-order valence-corrected chi connectivity index (χ3v) is 5.73. The van der Waals surface area contributed by atoms with Crippen LogP contribution in [0.1, 0.15) is 44.5 Å². The van der Waals surface area contributed by atoms with Crippen LogP contribution in [0.15, 0.2) is 36.4 Å². The maximum Gasteiger partial charge on any atom is 0.233 e. The van der Waals surface area contributed by atoms with Crippen molar-refractivity contribution in [1.82, 2.24) is 19.9 Å². The summed E-state index contributed by atoms with van der Waals surface area (Å²) in [5.41, 5.74) is 1.86. The number of hydroxylamine groups is 2. The van der Waals surface area contributed by atoms with Crippen LogP contribution in [-0.2, 0) is 9.59 Å². The molecule has 2 heterocycles. The van der Waals surface area contributed by atoms with Gasteiger partial charge in [0.15, 0.2) is 0 Å². The Labute approximate surface area is 169 Å². The molecule has 0 aliphatic carbocycles. The van der Waals surface area contributed by atoms with Gasteiger partial charge in [0.1, 0.15) is 5.82 Å². The van der Waals surface area contributed by atoms with Crippen molar-refractivity contribution >= 4 is 34.1 Å². The number of rotatable bonds is 7. The first kappa shape index (κ1) is 19.4. The topological polar surface area (TPSA) is 89.5 Å². The molecule has 2 amide bonds. The summed E-state index contributed by atoms with van der Waals surface area (Å²) in [5.74, 6) is 0.358. The highest BCUT2D eigenvalue weighted by molar-refractivity contribution is 5.95. The molecule has 1 aliphatic rings. The lowest BCUT2D eigenvalue weighted by Gasteiger charge is -2.28. The molecule has 0 saturated carbocycles. The molecule has 7 nitrogen and oxygen atoms in total. The lowest BCUT2D eigenvalue weighted by atomic mass is 10.0. The first-order chi connectivity index (χ1) is 14.1. The van der Waals surface area contributed by atoms with E-state index in [2.05, 4.69) is 29.2 Å². The number of H-pyrrole nitrogens is 1. The fourth-order valence-corrected chi connectivity index (χ4v) is 4.33. The van der Waals surface area contributed by atoms with Crippen LogP contribution in [0.3, 0.4) is 0 Å². The number of nitrogens with one attached hydrogen (secondary N) is 1. The fraction of sp³-hybridized carbons (Fsp3) is 0.409. The van der Waals surface area contributed by atoms with E-state index in [1.807, 2.05) is 24.0 Å². The predicted molar refractivity (Wildman–Crippen MR) is 110 cm³/mol. The zero-order valence-electron chi connectivity index (χ0n) is 16.5. The summed E-state index contributed by atoms with van der Waals surface area (Å²) in [5, 5.41) is 12.4. The predicted octanol–water partition coefficient (Wildman–Crippen LogP) is 3.64. The second kappa shape index (κ2) is 8.21. The number of imidazole rings is 1. The first-order valence-corrected chi connectivity index (χ1v) is 10.2. The largest absolute Gasteiger partial charge is 0.340 e. The van der Waals surface area contributed by atoms with Crippen LogP contribution in [0, 0.1) is 5.92 Å². The molecular formula is C22H26N4O3. The van der Waals surface area contributed by atoms with Crippen molar-refractivity contribution in [3.05, 3.63) is 42.2 Å². The molecule has 3 aromatic rings. The first-order valence-electron chi connectivity index (χ1n) is 10.2. The van der Waals surface area contributed by atoms with Crippen LogP contribution in [0.25, 0.3) is 21.8 Å². The molecule has 2 atom stereocenters. The zero-order chi connectivity index (χ0) is 20.4. The van der Waals surface area contributed by atoms with Gasteiger partial charge in [-0.2, -0.15) is 0 Å². The number of fused-ring (bicyclic) bond motifs is 2. The van der Waals surface area contributed by atoms with E-state index < -0.39 is 5.92 Å². The monoisotopic (exact) mass is 394 g/mol. The summed E-state index contributed by atoms with van der Waals surface area (Å²) in [6, 6.07) is 12.2. The average Bonchev–Trinajstić information content (AvgIpc) is 3.37. The van der Waals surface area contributed by atoms with E-state index in [0.29, 0.717) is 24.4 Å². The van der Waals surface area contributed by atoms with E-state index in [1.165, 1.54) is 0 Å². The highest BCUT2D eigenvalue weighted by Crippen LogP contribution is 2.34. The SMILES string of the molecule is CCCC(CN(O)C=O)C(=O)N1CCC[C@H]1c1nc2cc3ccccc3cc2[nH]1. The van der Waals surface area contributed by atoms with Gasteiger partial charge >= 0.3 is 0 Å². The molecule has 29 heavy (non-hydrogen) atoms. The minimum Gasteiger partial charge on any atom is -0.340 e. The van der Waals surface area contributed by atoms with E-state index in [9.17, 15) is 14.8 Å². The number of carbonyl (C=O) groups is 2. The van der Waals surface area contributed by atoms with Crippen molar-refractivity contribution in [2.24, 2.45) is 5.92 Å². The third-order valence-electron chi connectivity index (χ3n) is 5.73. The Bertz CT molecular complexity index is 979. The Kier molecular flexibility index (Phi) is 5.49. The van der Waals surface area contributed by atoms with E-state index in [1.54, 1.807) is 0 Å². The molecule has 0 radical (unpaired) electrons. The number of likely N-dealkylation sites (tertiary alicyclic amines) is 1. The highest BCUT2D eigenvalue weighted by atomic mass is 16.5. The Morgan fingerprint density at radius 3 is 2.86 bits per heavy atom. The van der Waals surface area contributed by atoms with Gasteiger partial charge in [-0.05, 0) is 42.2 Å². The van der Waals surface area contributed by atoms with Crippen molar-refractivity contribution in [3.63, 3.8) is 0 Å². The Morgan fingerprint density at radius 2 is 2.14 bits per heavy atom. The second-order valence-corrected chi connectivity index (χ2v) is 7.74. The Morgan fingerprint density at radius 1 is 1.38 bits per heavy atom. The molecule has 2 aromatic carbocycles. The van der Waals surface area contributed by atoms with Crippen molar-refractivity contribution in [1.29, 1.82) is 0 Å². The van der Waals surface area contributed by atoms with Gasteiger partial charge in [-0.3, -0.25) is 14.8 Å². The number of carbonyl (C=O) groups excluding carboxylic acids is 2. The van der Waals surface area contributed by atoms with Crippen molar-refractivity contribution in [2.75, 3.05) is 13.1 Å². The third kappa shape index (κ3) is 3.82. The normalized spacial score (nSPS) is 17.7. The molecule has 1 saturated heterocycles.